The second kappa shape index (κ2) is 7.24. The number of benzene rings is 1. The summed E-state index contributed by atoms with van der Waals surface area (Å²) in [5, 5.41) is 2.34. The number of hydrogen-bond acceptors (Lipinski definition) is 5. The number of halogens is 1. The number of carbonyl (C=O) groups excluding carboxylic acids is 2. The van der Waals surface area contributed by atoms with Crippen LogP contribution in [0.3, 0.4) is 0 Å². The van der Waals surface area contributed by atoms with Gasteiger partial charge in [0.25, 0.3) is 5.91 Å². The number of rotatable bonds is 4. The maximum atomic E-state index is 11.9. The highest BCUT2D eigenvalue weighted by Gasteiger charge is 2.13. The van der Waals surface area contributed by atoms with Crippen molar-refractivity contribution in [1.82, 2.24) is 10.3 Å². The topological polar surface area (TPSA) is 85.1 Å². The van der Waals surface area contributed by atoms with Gasteiger partial charge >= 0.3 is 0 Å². The number of nitrogens with one attached hydrogen (secondary N) is 1. The number of pyridine rings is 1. The van der Waals surface area contributed by atoms with Gasteiger partial charge in [-0.25, -0.2) is 4.98 Å². The molecule has 0 aliphatic carbocycles. The molecule has 0 aliphatic rings. The largest absolute Gasteiger partial charge is 0.384 e. The molecule has 0 bridgehead atoms. The predicted molar refractivity (Wildman–Crippen MR) is 86.0 cm³/mol. The van der Waals surface area contributed by atoms with Gasteiger partial charge in [0.1, 0.15) is 5.82 Å². The molecule has 7 heteroatoms. The van der Waals surface area contributed by atoms with Gasteiger partial charge in [-0.05, 0) is 40.2 Å². The smallest absolute Gasteiger partial charge is 0.259 e. The van der Waals surface area contributed by atoms with E-state index in [2.05, 4.69) is 26.2 Å². The summed E-state index contributed by atoms with van der Waals surface area (Å²) < 4.78 is 0.644. The monoisotopic (exact) mass is 365 g/mol. The molecule has 0 atom stereocenters. The van der Waals surface area contributed by atoms with Gasteiger partial charge in [0.15, 0.2) is 0 Å². The van der Waals surface area contributed by atoms with Gasteiger partial charge in [-0.3, -0.25) is 14.9 Å². The Kier molecular flexibility index (Phi) is 5.35. The normalized spacial score (nSPS) is 10.1. The van der Waals surface area contributed by atoms with Crippen molar-refractivity contribution in [3.63, 3.8) is 0 Å². The maximum absolute atomic E-state index is 11.9. The van der Waals surface area contributed by atoms with E-state index < -0.39 is 5.91 Å². The lowest BCUT2D eigenvalue weighted by Crippen LogP contribution is -2.32. The lowest BCUT2D eigenvalue weighted by Gasteiger charge is -2.05. The maximum Gasteiger partial charge on any atom is 0.259 e. The van der Waals surface area contributed by atoms with Gasteiger partial charge in [-0.1, -0.05) is 12.1 Å². The third kappa shape index (κ3) is 4.57. The number of aromatic nitrogens is 1. The van der Waals surface area contributed by atoms with Gasteiger partial charge in [0, 0.05) is 15.6 Å². The first-order valence-corrected chi connectivity index (χ1v) is 7.77. The zero-order valence-electron chi connectivity index (χ0n) is 10.9. The summed E-state index contributed by atoms with van der Waals surface area (Å²) in [6.45, 7) is 0. The Morgan fingerprint density at radius 2 is 2.00 bits per heavy atom. The standard InChI is InChI=1S/C14H12BrN3O2S/c15-11-4-2-1-3-10(11)14(20)18-13(19)8-21-9-5-6-12(16)17-7-9/h1-7H,8H2,(H2,16,17)(H,18,19,20). The third-order valence-corrected chi connectivity index (χ3v) is 4.17. The van der Waals surface area contributed by atoms with Crippen LogP contribution in [0.15, 0.2) is 52.0 Å². The van der Waals surface area contributed by atoms with Crippen molar-refractivity contribution in [2.45, 2.75) is 4.90 Å². The van der Waals surface area contributed by atoms with Crippen LogP contribution in [-0.2, 0) is 4.79 Å². The summed E-state index contributed by atoms with van der Waals surface area (Å²) >= 11 is 4.56. The minimum atomic E-state index is -0.427. The Bertz CT molecular complexity index is 662. The summed E-state index contributed by atoms with van der Waals surface area (Å²) in [6.07, 6.45) is 1.59. The second-order valence-electron chi connectivity index (χ2n) is 4.06. The number of nitrogen functional groups attached to an aromatic ring is 1. The van der Waals surface area contributed by atoms with Crippen molar-refractivity contribution < 1.29 is 9.59 Å². The van der Waals surface area contributed by atoms with E-state index in [1.54, 1.807) is 42.6 Å². The molecule has 0 radical (unpaired) electrons. The van der Waals surface area contributed by atoms with Crippen LogP contribution < -0.4 is 11.1 Å². The molecule has 0 fully saturated rings. The van der Waals surface area contributed by atoms with Crippen LogP contribution in [0.25, 0.3) is 0 Å². The second-order valence-corrected chi connectivity index (χ2v) is 5.97. The molecule has 0 unspecified atom stereocenters. The van der Waals surface area contributed by atoms with E-state index >= 15 is 0 Å². The molecule has 2 amide bonds. The number of hydrogen-bond donors (Lipinski definition) is 2. The first-order valence-electron chi connectivity index (χ1n) is 5.99. The number of carbonyl (C=O) groups is 2. The van der Waals surface area contributed by atoms with Crippen LogP contribution in [0, 0.1) is 0 Å². The number of nitrogens with two attached hydrogens (primary N) is 1. The molecular formula is C14H12BrN3O2S. The number of imide groups is 1. The summed E-state index contributed by atoms with van der Waals surface area (Å²) in [6, 6.07) is 10.4. The van der Waals surface area contributed by atoms with Crippen molar-refractivity contribution in [2.24, 2.45) is 0 Å². The molecule has 3 N–H and O–H groups in total. The minimum absolute atomic E-state index is 0.127. The van der Waals surface area contributed by atoms with Gasteiger partial charge in [-0.2, -0.15) is 0 Å². The summed E-state index contributed by atoms with van der Waals surface area (Å²) in [5.41, 5.74) is 5.90. The quantitative estimate of drug-likeness (QED) is 0.812. The van der Waals surface area contributed by atoms with Crippen molar-refractivity contribution in [3.05, 3.63) is 52.6 Å². The number of thioether (sulfide) groups is 1. The molecule has 2 aromatic rings. The van der Waals surface area contributed by atoms with E-state index in [0.29, 0.717) is 15.9 Å². The van der Waals surface area contributed by atoms with E-state index in [1.165, 1.54) is 11.8 Å². The average Bonchev–Trinajstić information content (AvgIpc) is 2.47. The Morgan fingerprint density at radius 1 is 1.24 bits per heavy atom. The van der Waals surface area contributed by atoms with E-state index in [1.807, 2.05) is 0 Å². The van der Waals surface area contributed by atoms with Crippen molar-refractivity contribution in [1.29, 1.82) is 0 Å². The van der Waals surface area contributed by atoms with Crippen LogP contribution in [0.1, 0.15) is 10.4 Å². The zero-order chi connectivity index (χ0) is 15.2. The summed E-state index contributed by atoms with van der Waals surface area (Å²) in [5.74, 6) is -0.240. The minimum Gasteiger partial charge on any atom is -0.384 e. The molecule has 108 valence electrons. The highest BCUT2D eigenvalue weighted by molar-refractivity contribution is 9.10. The molecule has 1 aromatic heterocycles. The predicted octanol–water partition coefficient (Wildman–Crippen LogP) is 2.48. The Hall–Kier alpha value is -1.86. The molecular weight excluding hydrogens is 354 g/mol. The van der Waals surface area contributed by atoms with Crippen LogP contribution in [-0.4, -0.2) is 22.6 Å². The van der Waals surface area contributed by atoms with Crippen LogP contribution in [0.2, 0.25) is 0 Å². The van der Waals surface area contributed by atoms with E-state index in [0.717, 1.165) is 4.90 Å². The van der Waals surface area contributed by atoms with E-state index in [4.69, 9.17) is 5.73 Å². The fourth-order valence-electron chi connectivity index (χ4n) is 1.50. The first kappa shape index (κ1) is 15.5. The third-order valence-electron chi connectivity index (χ3n) is 2.50. The Morgan fingerprint density at radius 3 is 2.67 bits per heavy atom. The van der Waals surface area contributed by atoms with E-state index in [-0.39, 0.29) is 11.7 Å². The summed E-state index contributed by atoms with van der Waals surface area (Å²) in [7, 11) is 0. The summed E-state index contributed by atoms with van der Waals surface area (Å²) in [4.78, 5) is 28.4. The van der Waals surface area contributed by atoms with Gasteiger partial charge in [-0.15, -0.1) is 11.8 Å². The van der Waals surface area contributed by atoms with Crippen molar-refractivity contribution >= 4 is 45.3 Å². The molecule has 2 rings (SSSR count). The van der Waals surface area contributed by atoms with Gasteiger partial charge in [0.2, 0.25) is 5.91 Å². The molecule has 0 spiro atoms. The van der Waals surface area contributed by atoms with E-state index in [9.17, 15) is 9.59 Å². The van der Waals surface area contributed by atoms with Crippen LogP contribution in [0.5, 0.6) is 0 Å². The molecule has 1 aromatic carbocycles. The lowest BCUT2D eigenvalue weighted by atomic mass is 10.2. The van der Waals surface area contributed by atoms with Crippen LogP contribution in [0.4, 0.5) is 5.82 Å². The molecule has 1 heterocycles. The Labute approximate surface area is 134 Å². The zero-order valence-corrected chi connectivity index (χ0v) is 13.3. The number of nitrogens with zero attached hydrogens (tertiary/aromatic N) is 1. The SMILES string of the molecule is Nc1ccc(SCC(=O)NC(=O)c2ccccc2Br)cn1. The average molecular weight is 366 g/mol. The lowest BCUT2D eigenvalue weighted by molar-refractivity contribution is -0.117. The molecule has 21 heavy (non-hydrogen) atoms. The number of amides is 2. The van der Waals surface area contributed by atoms with Crippen LogP contribution >= 0.6 is 27.7 Å². The highest BCUT2D eigenvalue weighted by atomic mass is 79.9. The van der Waals surface area contributed by atoms with Crippen molar-refractivity contribution in [2.75, 3.05) is 11.5 Å². The molecule has 5 nitrogen and oxygen atoms in total. The fourth-order valence-corrected chi connectivity index (χ4v) is 2.63. The molecule has 0 aliphatic heterocycles. The molecule has 0 saturated heterocycles. The molecule has 0 saturated carbocycles. The van der Waals surface area contributed by atoms with Crippen molar-refractivity contribution in [3.8, 4) is 0 Å². The fraction of sp³-hybridized carbons (Fsp3) is 0.0714. The van der Waals surface area contributed by atoms with Gasteiger partial charge < -0.3 is 5.73 Å². The van der Waals surface area contributed by atoms with Gasteiger partial charge in [0.05, 0.1) is 11.3 Å². The first-order chi connectivity index (χ1) is 10.1. The number of anilines is 1. The Balaban J connectivity index is 1.89. The highest BCUT2D eigenvalue weighted by Crippen LogP contribution is 2.18.